The lowest BCUT2D eigenvalue weighted by Crippen LogP contribution is -2.65. The topological polar surface area (TPSA) is 170 Å². The molecule has 60 heavy (non-hydrogen) atoms. The van der Waals surface area contributed by atoms with Gasteiger partial charge in [-0.2, -0.15) is 5.10 Å². The third kappa shape index (κ3) is 11.4. The van der Waals surface area contributed by atoms with E-state index in [0.717, 1.165) is 87.8 Å². The molecule has 4 N–H and O–H groups in total. The van der Waals surface area contributed by atoms with Crippen LogP contribution in [-0.4, -0.2) is 122 Å². The summed E-state index contributed by atoms with van der Waals surface area (Å²) >= 11 is 1.64. The molecule has 3 saturated heterocycles. The lowest BCUT2D eigenvalue weighted by atomic mass is 9.57. The van der Waals surface area contributed by atoms with Gasteiger partial charge in [0.2, 0.25) is 23.6 Å². The quantitative estimate of drug-likeness (QED) is 0.212. The summed E-state index contributed by atoms with van der Waals surface area (Å²) in [7, 11) is 1.86. The smallest absolute Gasteiger partial charge is 0.234 e. The fourth-order valence-electron chi connectivity index (χ4n) is 9.68. The minimum atomic E-state index is -0.209. The van der Waals surface area contributed by atoms with Gasteiger partial charge in [0, 0.05) is 79.5 Å². The van der Waals surface area contributed by atoms with Crippen molar-refractivity contribution in [1.29, 1.82) is 0 Å². The number of pyridine rings is 1. The zero-order chi connectivity index (χ0) is 42.9. The molecule has 15 nitrogen and oxygen atoms in total. The lowest BCUT2D eigenvalue weighted by Gasteiger charge is -2.58. The number of thiazole rings is 1. The van der Waals surface area contributed by atoms with Gasteiger partial charge in [0.1, 0.15) is 16.6 Å². The summed E-state index contributed by atoms with van der Waals surface area (Å²) in [4.78, 5) is 65.3. The molecule has 3 aromatic rings. The number of rotatable bonds is 11. The number of anilines is 2. The Balaban J connectivity index is 0.000000181. The summed E-state index contributed by atoms with van der Waals surface area (Å²) < 4.78 is 1.73. The molecule has 5 fully saturated rings. The number of aromatic nitrogens is 4. The van der Waals surface area contributed by atoms with E-state index in [1.54, 1.807) is 22.2 Å². The van der Waals surface area contributed by atoms with Gasteiger partial charge < -0.3 is 21.3 Å². The highest BCUT2D eigenvalue weighted by Crippen LogP contribution is 2.53. The third-order valence-electron chi connectivity index (χ3n) is 12.1. The predicted molar refractivity (Wildman–Crippen MR) is 234 cm³/mol. The molecule has 8 rings (SSSR count). The van der Waals surface area contributed by atoms with Crippen LogP contribution in [0.15, 0.2) is 36.0 Å². The van der Waals surface area contributed by atoms with E-state index in [4.69, 9.17) is 0 Å². The van der Waals surface area contributed by atoms with Crippen LogP contribution < -0.4 is 21.3 Å². The summed E-state index contributed by atoms with van der Waals surface area (Å²) in [5.74, 6) is 1.57. The molecule has 6 heterocycles. The molecule has 5 aliphatic rings. The number of amides is 4. The molecule has 0 bridgehead atoms. The molecule has 3 aliphatic heterocycles. The first-order valence-electron chi connectivity index (χ1n) is 21.6. The highest BCUT2D eigenvalue weighted by atomic mass is 32.1. The highest BCUT2D eigenvalue weighted by Gasteiger charge is 2.55. The molecule has 0 aromatic carbocycles. The van der Waals surface area contributed by atoms with E-state index in [-0.39, 0.29) is 57.4 Å². The average molecular weight is 844 g/mol. The van der Waals surface area contributed by atoms with E-state index in [2.05, 4.69) is 51.0 Å². The van der Waals surface area contributed by atoms with Crippen molar-refractivity contribution in [2.75, 3.05) is 63.0 Å². The van der Waals surface area contributed by atoms with Crippen LogP contribution in [0, 0.1) is 22.7 Å². The Morgan fingerprint density at radius 3 is 1.83 bits per heavy atom. The summed E-state index contributed by atoms with van der Waals surface area (Å²) in [6.07, 6.45) is 11.0. The molecule has 2 aliphatic carbocycles. The maximum atomic E-state index is 12.8. The molecule has 2 saturated carbocycles. The normalized spacial score (nSPS) is 21.4. The number of piperidine rings is 1. The van der Waals surface area contributed by atoms with Crippen molar-refractivity contribution >= 4 is 46.6 Å². The van der Waals surface area contributed by atoms with Crippen LogP contribution in [0.25, 0.3) is 11.3 Å². The summed E-state index contributed by atoms with van der Waals surface area (Å²) in [5, 5.41) is 19.5. The van der Waals surface area contributed by atoms with Gasteiger partial charge >= 0.3 is 0 Å². The minimum absolute atomic E-state index is 0.00543. The van der Waals surface area contributed by atoms with Crippen LogP contribution in [0.1, 0.15) is 91.5 Å². The second-order valence-corrected chi connectivity index (χ2v) is 21.3. The van der Waals surface area contributed by atoms with E-state index >= 15 is 0 Å². The van der Waals surface area contributed by atoms with E-state index < -0.39 is 0 Å². The van der Waals surface area contributed by atoms with Gasteiger partial charge in [0.25, 0.3) is 0 Å². The number of aryl methyl sites for hydroxylation is 1. The molecule has 2 spiro atoms. The first kappa shape index (κ1) is 43.8. The summed E-state index contributed by atoms with van der Waals surface area (Å²) in [6, 6.07) is 5.67. The lowest BCUT2D eigenvalue weighted by molar-refractivity contribution is -0.144. The van der Waals surface area contributed by atoms with E-state index in [1.165, 1.54) is 19.3 Å². The zero-order valence-electron chi connectivity index (χ0n) is 36.6. The van der Waals surface area contributed by atoms with Crippen molar-refractivity contribution in [3.63, 3.8) is 0 Å². The van der Waals surface area contributed by atoms with Crippen LogP contribution in [0.4, 0.5) is 11.6 Å². The van der Waals surface area contributed by atoms with Crippen molar-refractivity contribution in [3.05, 3.63) is 41.0 Å². The van der Waals surface area contributed by atoms with Gasteiger partial charge in [0.15, 0.2) is 0 Å². The second-order valence-electron chi connectivity index (χ2n) is 20.3. The standard InChI is InChI=1S/C22H30N6O2.C22H35N5O2S/c1-21(2,3)25-18(29)12-28-13-22(14-28)10-15(11-22)20(30)24-19-16(6-5-8-23-19)17-7-9-27(4)26-17;1-21(2,3)25-18(28)11-27-14-22(15-27)9-16(10-22)20(29)24-17-13-30-19(23-17)12-26-7-5-4-6-8-26/h5-9,15H,10-14H2,1-4H3,(H,25,29)(H,23,24,30);13,16H,4-12,14-15H2,1-3H3,(H,24,29)(H,25,28). The predicted octanol–water partition coefficient (Wildman–Crippen LogP) is 4.74. The molecule has 0 atom stereocenters. The number of carbonyl (C=O) groups is 4. The number of hydrogen-bond donors (Lipinski definition) is 4. The molecular weight excluding hydrogens is 779 g/mol. The summed E-state index contributed by atoms with van der Waals surface area (Å²) in [5.41, 5.74) is 1.64. The van der Waals surface area contributed by atoms with E-state index in [0.29, 0.717) is 24.7 Å². The van der Waals surface area contributed by atoms with Gasteiger partial charge in [-0.25, -0.2) is 9.97 Å². The fraction of sp³-hybridized carbons (Fsp3) is 0.659. The van der Waals surface area contributed by atoms with Crippen LogP contribution in [0.5, 0.6) is 0 Å². The Kier molecular flexibility index (Phi) is 12.9. The van der Waals surface area contributed by atoms with Gasteiger partial charge in [-0.15, -0.1) is 11.3 Å². The van der Waals surface area contributed by atoms with Crippen molar-refractivity contribution in [2.24, 2.45) is 29.7 Å². The van der Waals surface area contributed by atoms with Crippen molar-refractivity contribution < 1.29 is 19.2 Å². The average Bonchev–Trinajstić information content (AvgIpc) is 3.73. The molecule has 326 valence electrons. The fourth-order valence-corrected chi connectivity index (χ4v) is 10.4. The van der Waals surface area contributed by atoms with E-state index in [9.17, 15) is 19.2 Å². The van der Waals surface area contributed by atoms with Crippen LogP contribution in [-0.2, 0) is 32.8 Å². The molecule has 4 amide bonds. The second kappa shape index (κ2) is 17.6. The Bertz CT molecular complexity index is 2000. The van der Waals surface area contributed by atoms with Gasteiger partial charge in [-0.05, 0) is 122 Å². The van der Waals surface area contributed by atoms with Gasteiger partial charge in [-0.3, -0.25) is 38.6 Å². The van der Waals surface area contributed by atoms with Crippen molar-refractivity contribution in [3.8, 4) is 11.3 Å². The first-order chi connectivity index (χ1) is 28.3. The molecule has 0 unspecified atom stereocenters. The molecule has 0 radical (unpaired) electrons. The number of carbonyl (C=O) groups excluding carboxylic acids is 4. The van der Waals surface area contributed by atoms with Crippen molar-refractivity contribution in [1.82, 2.24) is 45.1 Å². The van der Waals surface area contributed by atoms with Crippen molar-refractivity contribution in [2.45, 2.75) is 104 Å². The van der Waals surface area contributed by atoms with Gasteiger partial charge in [-0.1, -0.05) is 6.42 Å². The summed E-state index contributed by atoms with van der Waals surface area (Å²) in [6.45, 7) is 19.6. The number of nitrogens with zero attached hydrogens (tertiary/aromatic N) is 7. The number of nitrogens with one attached hydrogen (secondary N) is 4. The highest BCUT2D eigenvalue weighted by molar-refractivity contribution is 7.10. The van der Waals surface area contributed by atoms with Crippen LogP contribution >= 0.6 is 11.3 Å². The third-order valence-corrected chi connectivity index (χ3v) is 12.9. The maximum Gasteiger partial charge on any atom is 0.234 e. The van der Waals surface area contributed by atoms with Crippen LogP contribution in [0.2, 0.25) is 0 Å². The molecule has 16 heteroatoms. The van der Waals surface area contributed by atoms with E-state index in [1.807, 2.05) is 78.4 Å². The number of hydrogen-bond acceptors (Lipinski definition) is 11. The number of likely N-dealkylation sites (tertiary alicyclic amines) is 3. The SMILES string of the molecule is CC(C)(C)NC(=O)CN1CC2(CC(C(=O)Nc3csc(CN4CCCCC4)n3)C2)C1.Cn1ccc(-c2cccnc2NC(=O)C2CC3(C2)CN(CC(=O)NC(C)(C)C)C3)n1. The van der Waals surface area contributed by atoms with Gasteiger partial charge in [0.05, 0.1) is 25.3 Å². The molecular formula is C44H65N11O4S. The molecule has 3 aromatic heterocycles. The first-order valence-corrected chi connectivity index (χ1v) is 22.5. The monoisotopic (exact) mass is 843 g/mol. The Labute approximate surface area is 358 Å². The Hall–Kier alpha value is -4.25. The minimum Gasteiger partial charge on any atom is -0.350 e. The largest absolute Gasteiger partial charge is 0.350 e. The Morgan fingerprint density at radius 2 is 1.32 bits per heavy atom. The van der Waals surface area contributed by atoms with Crippen LogP contribution in [0.3, 0.4) is 0 Å². The maximum absolute atomic E-state index is 12.8. The zero-order valence-corrected chi connectivity index (χ0v) is 37.4. The Morgan fingerprint density at radius 1 is 0.767 bits per heavy atom.